The molecule has 0 saturated carbocycles. The summed E-state index contributed by atoms with van der Waals surface area (Å²) in [5.41, 5.74) is 4.46. The highest BCUT2D eigenvalue weighted by Gasteiger charge is 2.30. The van der Waals surface area contributed by atoms with Crippen LogP contribution in [0.2, 0.25) is 0 Å². The summed E-state index contributed by atoms with van der Waals surface area (Å²) >= 11 is 0. The van der Waals surface area contributed by atoms with Crippen molar-refractivity contribution in [3.63, 3.8) is 0 Å². The van der Waals surface area contributed by atoms with Crippen LogP contribution in [0.1, 0.15) is 16.1 Å². The molecule has 20 heavy (non-hydrogen) atoms. The van der Waals surface area contributed by atoms with E-state index in [0.717, 1.165) is 12.1 Å². The molecule has 0 bridgehead atoms. The topological polar surface area (TPSA) is 76.2 Å². The van der Waals surface area contributed by atoms with Crippen LogP contribution in [0.3, 0.4) is 0 Å². The van der Waals surface area contributed by atoms with E-state index in [9.17, 15) is 18.0 Å². The molecule has 0 unspecified atom stereocenters. The van der Waals surface area contributed by atoms with E-state index in [4.69, 9.17) is 10.8 Å². The second kappa shape index (κ2) is 4.84. The van der Waals surface area contributed by atoms with Gasteiger partial charge in [0.15, 0.2) is 5.69 Å². The van der Waals surface area contributed by atoms with Crippen LogP contribution in [-0.2, 0) is 6.18 Å². The molecule has 2 aromatic rings. The predicted octanol–water partition coefficient (Wildman–Crippen LogP) is 3.05. The fourth-order valence-electron chi connectivity index (χ4n) is 1.66. The van der Waals surface area contributed by atoms with E-state index < -0.39 is 17.7 Å². The molecular formula is C13H9F3N2O2. The maximum atomic E-state index is 12.6. The number of aromatic nitrogens is 1. The molecule has 0 amide bonds. The normalized spacial score (nSPS) is 11.3. The van der Waals surface area contributed by atoms with Crippen LogP contribution in [-0.4, -0.2) is 16.1 Å². The summed E-state index contributed by atoms with van der Waals surface area (Å²) in [6.45, 7) is 0. The van der Waals surface area contributed by atoms with Crippen LogP contribution in [0, 0.1) is 0 Å². The molecule has 1 heterocycles. The van der Waals surface area contributed by atoms with Gasteiger partial charge in [-0.1, -0.05) is 12.1 Å². The molecule has 0 atom stereocenters. The molecule has 0 aliphatic carbocycles. The standard InChI is InChI=1S/C13H9F3N2O2/c14-13(15,16)8-3-1-2-7(6-8)10-5-4-9(17)11(18-10)12(19)20/h1-6H,17H2,(H,19,20). The number of alkyl halides is 3. The molecule has 0 radical (unpaired) electrons. The van der Waals surface area contributed by atoms with E-state index in [-0.39, 0.29) is 22.6 Å². The largest absolute Gasteiger partial charge is 0.476 e. The van der Waals surface area contributed by atoms with Gasteiger partial charge in [0.05, 0.1) is 16.9 Å². The fourth-order valence-corrected chi connectivity index (χ4v) is 1.66. The van der Waals surface area contributed by atoms with E-state index in [1.807, 2.05) is 0 Å². The van der Waals surface area contributed by atoms with Crippen LogP contribution < -0.4 is 5.73 Å². The lowest BCUT2D eigenvalue weighted by Gasteiger charge is -2.09. The fraction of sp³-hybridized carbons (Fsp3) is 0.0769. The summed E-state index contributed by atoms with van der Waals surface area (Å²) < 4.78 is 37.9. The van der Waals surface area contributed by atoms with Gasteiger partial charge in [-0.15, -0.1) is 0 Å². The van der Waals surface area contributed by atoms with Crippen molar-refractivity contribution in [1.82, 2.24) is 4.98 Å². The molecule has 0 aliphatic rings. The number of halogens is 3. The van der Waals surface area contributed by atoms with E-state index in [1.165, 1.54) is 24.3 Å². The Hall–Kier alpha value is -2.57. The molecule has 0 spiro atoms. The van der Waals surface area contributed by atoms with Crippen molar-refractivity contribution in [3.05, 3.63) is 47.7 Å². The molecule has 2 rings (SSSR count). The Morgan fingerprint density at radius 2 is 1.90 bits per heavy atom. The number of carboxylic acids is 1. The van der Waals surface area contributed by atoms with E-state index >= 15 is 0 Å². The quantitative estimate of drug-likeness (QED) is 0.887. The molecule has 0 saturated heterocycles. The Morgan fingerprint density at radius 1 is 1.20 bits per heavy atom. The highest BCUT2D eigenvalue weighted by atomic mass is 19.4. The van der Waals surface area contributed by atoms with Crippen molar-refractivity contribution in [2.45, 2.75) is 6.18 Å². The first-order valence-electron chi connectivity index (χ1n) is 5.46. The minimum atomic E-state index is -4.47. The molecule has 1 aromatic heterocycles. The lowest BCUT2D eigenvalue weighted by atomic mass is 10.1. The third-order valence-electron chi connectivity index (χ3n) is 2.61. The van der Waals surface area contributed by atoms with Crippen LogP contribution in [0.5, 0.6) is 0 Å². The van der Waals surface area contributed by atoms with Crippen molar-refractivity contribution in [2.75, 3.05) is 5.73 Å². The van der Waals surface area contributed by atoms with Crippen molar-refractivity contribution < 1.29 is 23.1 Å². The summed E-state index contributed by atoms with van der Waals surface area (Å²) in [6.07, 6.45) is -4.47. The third-order valence-corrected chi connectivity index (χ3v) is 2.61. The number of carbonyl (C=O) groups is 1. The second-order valence-corrected chi connectivity index (χ2v) is 4.02. The minimum Gasteiger partial charge on any atom is -0.476 e. The van der Waals surface area contributed by atoms with Crippen LogP contribution in [0.4, 0.5) is 18.9 Å². The van der Waals surface area contributed by atoms with Gasteiger partial charge in [-0.25, -0.2) is 9.78 Å². The highest BCUT2D eigenvalue weighted by molar-refractivity contribution is 5.92. The second-order valence-electron chi connectivity index (χ2n) is 4.02. The molecule has 1 aromatic carbocycles. The van der Waals surface area contributed by atoms with Crippen LogP contribution >= 0.6 is 0 Å². The van der Waals surface area contributed by atoms with Gasteiger partial charge >= 0.3 is 12.1 Å². The van der Waals surface area contributed by atoms with Crippen molar-refractivity contribution in [1.29, 1.82) is 0 Å². The van der Waals surface area contributed by atoms with Gasteiger partial charge < -0.3 is 10.8 Å². The minimum absolute atomic E-state index is 0.0479. The zero-order valence-electron chi connectivity index (χ0n) is 9.98. The van der Waals surface area contributed by atoms with Crippen molar-refractivity contribution in [2.24, 2.45) is 0 Å². The average Bonchev–Trinajstić information content (AvgIpc) is 2.38. The average molecular weight is 282 g/mol. The summed E-state index contributed by atoms with van der Waals surface area (Å²) in [5.74, 6) is -1.34. The Balaban J connectivity index is 2.52. The molecule has 7 heteroatoms. The Morgan fingerprint density at radius 3 is 2.50 bits per heavy atom. The summed E-state index contributed by atoms with van der Waals surface area (Å²) in [7, 11) is 0. The molecule has 0 fully saturated rings. The Bertz CT molecular complexity index is 669. The summed E-state index contributed by atoms with van der Waals surface area (Å²) in [4.78, 5) is 14.7. The molecule has 3 N–H and O–H groups in total. The number of hydrogen-bond acceptors (Lipinski definition) is 3. The van der Waals surface area contributed by atoms with Crippen molar-refractivity contribution in [3.8, 4) is 11.3 Å². The number of nitrogens with zero attached hydrogens (tertiary/aromatic N) is 1. The van der Waals surface area contributed by atoms with Gasteiger partial charge in [0, 0.05) is 5.56 Å². The van der Waals surface area contributed by atoms with Gasteiger partial charge in [-0.05, 0) is 24.3 Å². The predicted molar refractivity (Wildman–Crippen MR) is 66.0 cm³/mol. The lowest BCUT2D eigenvalue weighted by Crippen LogP contribution is -2.07. The number of pyridine rings is 1. The van der Waals surface area contributed by atoms with Gasteiger partial charge in [0.2, 0.25) is 0 Å². The third kappa shape index (κ3) is 2.71. The monoisotopic (exact) mass is 282 g/mol. The van der Waals surface area contributed by atoms with E-state index in [2.05, 4.69) is 4.98 Å². The Labute approximate surface area is 111 Å². The first kappa shape index (κ1) is 13.9. The number of hydrogen-bond donors (Lipinski definition) is 2. The zero-order valence-corrected chi connectivity index (χ0v) is 9.98. The lowest BCUT2D eigenvalue weighted by molar-refractivity contribution is -0.137. The van der Waals surface area contributed by atoms with Gasteiger partial charge in [-0.3, -0.25) is 0 Å². The van der Waals surface area contributed by atoms with Gasteiger partial charge in [-0.2, -0.15) is 13.2 Å². The molecule has 4 nitrogen and oxygen atoms in total. The Kier molecular flexibility index (Phi) is 3.35. The summed E-state index contributed by atoms with van der Waals surface area (Å²) in [5, 5.41) is 8.90. The first-order chi connectivity index (χ1) is 9.29. The van der Waals surface area contributed by atoms with E-state index in [0.29, 0.717) is 0 Å². The number of nitrogen functional groups attached to an aromatic ring is 1. The SMILES string of the molecule is Nc1ccc(-c2cccc(C(F)(F)F)c2)nc1C(=O)O. The number of nitrogens with two attached hydrogens (primary N) is 1. The summed E-state index contributed by atoms with van der Waals surface area (Å²) in [6, 6.07) is 7.16. The zero-order chi connectivity index (χ0) is 14.9. The van der Waals surface area contributed by atoms with Gasteiger partial charge in [0.1, 0.15) is 0 Å². The number of anilines is 1. The number of benzene rings is 1. The molecular weight excluding hydrogens is 273 g/mol. The number of rotatable bonds is 2. The van der Waals surface area contributed by atoms with Crippen LogP contribution in [0.25, 0.3) is 11.3 Å². The van der Waals surface area contributed by atoms with E-state index in [1.54, 1.807) is 0 Å². The highest BCUT2D eigenvalue weighted by Crippen LogP contribution is 2.32. The first-order valence-corrected chi connectivity index (χ1v) is 5.46. The maximum Gasteiger partial charge on any atom is 0.416 e. The number of aromatic carboxylic acids is 1. The van der Waals surface area contributed by atoms with Crippen molar-refractivity contribution >= 4 is 11.7 Å². The number of carboxylic acid groups (broad SMARTS) is 1. The maximum absolute atomic E-state index is 12.6. The smallest absolute Gasteiger partial charge is 0.416 e. The van der Waals surface area contributed by atoms with Crippen LogP contribution in [0.15, 0.2) is 36.4 Å². The molecule has 104 valence electrons. The molecule has 0 aliphatic heterocycles. The van der Waals surface area contributed by atoms with Gasteiger partial charge in [0.25, 0.3) is 0 Å².